The summed E-state index contributed by atoms with van der Waals surface area (Å²) in [6.45, 7) is 2.56. The van der Waals surface area contributed by atoms with Gasteiger partial charge >= 0.3 is 0 Å². The normalized spacial score (nSPS) is 13.4. The Hall–Kier alpha value is -1.52. The van der Waals surface area contributed by atoms with Crippen LogP contribution in [0.15, 0.2) is 30.3 Å². The predicted octanol–water partition coefficient (Wildman–Crippen LogP) is -0.538. The maximum atomic E-state index is 11.8. The molecular formula is C14H23N3O5S-2. The Bertz CT molecular complexity index is 543. The molecule has 5 N–H and O–H groups in total. The fraction of sp³-hybridized carbons (Fsp3) is 0.500. The number of nitrogens with one attached hydrogen (secondary N) is 1. The number of hydrogen-bond acceptors (Lipinski definition) is 7. The van der Waals surface area contributed by atoms with Crippen LogP contribution in [-0.4, -0.2) is 42.1 Å². The second kappa shape index (κ2) is 11.1. The number of carbonyl (C=O) groups excluding carboxylic acids is 1. The third-order valence-electron chi connectivity index (χ3n) is 2.83. The molecule has 0 aliphatic carbocycles. The highest BCUT2D eigenvalue weighted by molar-refractivity contribution is 7.79. The van der Waals surface area contributed by atoms with E-state index < -0.39 is 16.4 Å². The van der Waals surface area contributed by atoms with Crippen molar-refractivity contribution in [3.8, 4) is 0 Å². The summed E-state index contributed by atoms with van der Waals surface area (Å²) in [4.78, 5) is 11.8. The molecule has 8 nitrogen and oxygen atoms in total. The van der Waals surface area contributed by atoms with Crippen molar-refractivity contribution in [3.05, 3.63) is 35.9 Å². The zero-order valence-electron chi connectivity index (χ0n) is 13.0. The minimum absolute atomic E-state index is 0.0869. The predicted molar refractivity (Wildman–Crippen MR) is 84.5 cm³/mol. The number of hydrogen-bond donors (Lipinski definition) is 3. The van der Waals surface area contributed by atoms with Gasteiger partial charge in [0.1, 0.15) is 0 Å². The first kappa shape index (κ1) is 21.5. The highest BCUT2D eigenvalue weighted by atomic mass is 32.3. The number of nitrogens with two attached hydrogens (primary N) is 2. The molecule has 0 bridgehead atoms. The van der Waals surface area contributed by atoms with Crippen LogP contribution in [-0.2, 0) is 21.6 Å². The number of benzene rings is 1. The molecule has 0 heterocycles. The summed E-state index contributed by atoms with van der Waals surface area (Å²) < 4.78 is 34.1. The van der Waals surface area contributed by atoms with Crippen molar-refractivity contribution in [1.82, 2.24) is 5.32 Å². The second-order valence-electron chi connectivity index (χ2n) is 5.05. The first-order valence-corrected chi connectivity index (χ1v) is 8.43. The lowest BCUT2D eigenvalue weighted by Crippen LogP contribution is -2.45. The van der Waals surface area contributed by atoms with Crippen LogP contribution in [0, 0.1) is 0 Å². The van der Waals surface area contributed by atoms with Gasteiger partial charge in [-0.15, -0.1) is 0 Å². The van der Waals surface area contributed by atoms with Gasteiger partial charge in [0.05, 0.1) is 6.04 Å². The molecule has 0 saturated heterocycles. The first-order chi connectivity index (χ1) is 10.6. The molecule has 0 aliphatic rings. The lowest BCUT2D eigenvalue weighted by atomic mass is 10.1. The van der Waals surface area contributed by atoms with Gasteiger partial charge in [-0.05, 0) is 38.3 Å². The zero-order valence-corrected chi connectivity index (χ0v) is 13.8. The molecule has 1 rings (SSSR count). The molecule has 0 fully saturated rings. The van der Waals surface area contributed by atoms with E-state index in [0.29, 0.717) is 13.0 Å². The summed E-state index contributed by atoms with van der Waals surface area (Å²) >= 11 is 0. The SMILES string of the molecule is CC(Cc1ccccc1)NC(=O)C(N)CCCN.O=S(=O)([O-])[O-]. The Morgan fingerprint density at radius 3 is 2.26 bits per heavy atom. The van der Waals surface area contributed by atoms with Crippen molar-refractivity contribution in [2.24, 2.45) is 11.5 Å². The fourth-order valence-corrected chi connectivity index (χ4v) is 1.84. The number of carbonyl (C=O) groups is 1. The van der Waals surface area contributed by atoms with E-state index in [2.05, 4.69) is 17.4 Å². The Morgan fingerprint density at radius 2 is 1.78 bits per heavy atom. The summed E-state index contributed by atoms with van der Waals surface area (Å²) in [5, 5.41) is 2.93. The van der Waals surface area contributed by atoms with Gasteiger partial charge in [0.2, 0.25) is 5.91 Å². The molecular weight excluding hydrogens is 322 g/mol. The molecule has 0 radical (unpaired) electrons. The average molecular weight is 345 g/mol. The van der Waals surface area contributed by atoms with E-state index in [0.717, 1.165) is 12.8 Å². The smallest absolute Gasteiger partial charge is 0.237 e. The Balaban J connectivity index is 0.000000841. The summed E-state index contributed by atoms with van der Waals surface area (Å²) in [7, 11) is -5.17. The fourth-order valence-electron chi connectivity index (χ4n) is 1.84. The topological polar surface area (TPSA) is 161 Å². The highest BCUT2D eigenvalue weighted by Gasteiger charge is 2.15. The first-order valence-electron chi connectivity index (χ1n) is 7.10. The van der Waals surface area contributed by atoms with Crippen molar-refractivity contribution < 1.29 is 22.3 Å². The molecule has 1 aromatic carbocycles. The molecule has 1 amide bonds. The number of rotatable bonds is 7. The van der Waals surface area contributed by atoms with Crippen molar-refractivity contribution in [2.45, 2.75) is 38.3 Å². The molecule has 0 aliphatic heterocycles. The van der Waals surface area contributed by atoms with Gasteiger partial charge in [-0.3, -0.25) is 13.2 Å². The monoisotopic (exact) mass is 345 g/mol. The van der Waals surface area contributed by atoms with E-state index in [1.165, 1.54) is 5.56 Å². The average Bonchev–Trinajstić information content (AvgIpc) is 2.43. The van der Waals surface area contributed by atoms with Gasteiger partial charge in [-0.25, -0.2) is 0 Å². The lowest BCUT2D eigenvalue weighted by molar-refractivity contribution is -0.123. The molecule has 132 valence electrons. The Kier molecular flexibility index (Phi) is 10.4. The van der Waals surface area contributed by atoms with Crippen LogP contribution in [0.1, 0.15) is 25.3 Å². The van der Waals surface area contributed by atoms with Gasteiger partial charge in [0.25, 0.3) is 0 Å². The molecule has 2 atom stereocenters. The van der Waals surface area contributed by atoms with Crippen molar-refractivity contribution in [2.75, 3.05) is 6.54 Å². The van der Waals surface area contributed by atoms with Crippen LogP contribution in [0.5, 0.6) is 0 Å². The van der Waals surface area contributed by atoms with E-state index in [9.17, 15) is 4.79 Å². The van der Waals surface area contributed by atoms with Crippen molar-refractivity contribution in [3.63, 3.8) is 0 Å². The number of amides is 1. The van der Waals surface area contributed by atoms with Crippen LogP contribution in [0.4, 0.5) is 0 Å². The maximum absolute atomic E-state index is 11.8. The van der Waals surface area contributed by atoms with Crippen LogP contribution in [0.2, 0.25) is 0 Å². The Morgan fingerprint density at radius 1 is 1.26 bits per heavy atom. The van der Waals surface area contributed by atoms with Gasteiger partial charge < -0.3 is 25.9 Å². The molecule has 0 aromatic heterocycles. The van der Waals surface area contributed by atoms with Crippen LogP contribution < -0.4 is 16.8 Å². The van der Waals surface area contributed by atoms with Gasteiger partial charge in [0, 0.05) is 16.4 Å². The maximum Gasteiger partial charge on any atom is 0.237 e. The minimum atomic E-state index is -5.17. The summed E-state index contributed by atoms with van der Waals surface area (Å²) in [6.07, 6.45) is 2.23. The standard InChI is InChI=1S/C14H23N3O.H2O4S/c1-11(10-12-6-3-2-4-7-12)17-14(18)13(16)8-5-9-15;1-5(2,3)4/h2-4,6-7,11,13H,5,8-10,15-16H2,1H3,(H,17,18);(H2,1,2,3,4)/p-2. The highest BCUT2D eigenvalue weighted by Crippen LogP contribution is 2.03. The zero-order chi connectivity index (χ0) is 17.9. The Labute approximate surface area is 136 Å². The van der Waals surface area contributed by atoms with Crippen LogP contribution in [0.3, 0.4) is 0 Å². The minimum Gasteiger partial charge on any atom is -0.759 e. The van der Waals surface area contributed by atoms with Crippen LogP contribution in [0.25, 0.3) is 0 Å². The third-order valence-corrected chi connectivity index (χ3v) is 2.83. The quantitative estimate of drug-likeness (QED) is 0.441. The second-order valence-corrected chi connectivity index (χ2v) is 5.86. The molecule has 0 spiro atoms. The van der Waals surface area contributed by atoms with E-state index in [4.69, 9.17) is 29.0 Å². The van der Waals surface area contributed by atoms with E-state index >= 15 is 0 Å². The molecule has 9 heteroatoms. The van der Waals surface area contributed by atoms with Crippen molar-refractivity contribution in [1.29, 1.82) is 0 Å². The van der Waals surface area contributed by atoms with Gasteiger partial charge in [-0.1, -0.05) is 30.3 Å². The van der Waals surface area contributed by atoms with Crippen molar-refractivity contribution >= 4 is 16.3 Å². The van der Waals surface area contributed by atoms with Gasteiger partial charge in [-0.2, -0.15) is 0 Å². The van der Waals surface area contributed by atoms with E-state index in [1.807, 2.05) is 25.1 Å². The van der Waals surface area contributed by atoms with Crippen LogP contribution >= 0.6 is 0 Å². The summed E-state index contributed by atoms with van der Waals surface area (Å²) in [6, 6.07) is 9.72. The third kappa shape index (κ3) is 13.8. The van der Waals surface area contributed by atoms with E-state index in [1.54, 1.807) is 0 Å². The lowest BCUT2D eigenvalue weighted by Gasteiger charge is -2.17. The largest absolute Gasteiger partial charge is 0.759 e. The molecule has 1 aromatic rings. The molecule has 2 unspecified atom stereocenters. The summed E-state index contributed by atoms with van der Waals surface area (Å²) in [5.74, 6) is -0.0909. The summed E-state index contributed by atoms with van der Waals surface area (Å²) in [5.41, 5.74) is 12.4. The van der Waals surface area contributed by atoms with E-state index in [-0.39, 0.29) is 11.9 Å². The van der Waals surface area contributed by atoms with Gasteiger partial charge in [0.15, 0.2) is 0 Å². The molecule has 23 heavy (non-hydrogen) atoms. The molecule has 0 saturated carbocycles.